The molecule has 0 aromatic heterocycles. The van der Waals surface area contributed by atoms with E-state index in [4.69, 9.17) is 5.73 Å². The van der Waals surface area contributed by atoms with Crippen molar-refractivity contribution < 1.29 is 0 Å². The van der Waals surface area contributed by atoms with E-state index in [0.717, 1.165) is 5.92 Å². The molecule has 0 heterocycles. The highest BCUT2D eigenvalue weighted by Gasteiger charge is 2.24. The molecular formula is C14H31N. The van der Waals surface area contributed by atoms with E-state index >= 15 is 0 Å². The molecule has 1 heteroatoms. The SMILES string of the molecule is CCCCC(C)C(C)C(N)C(CC)CC. The molecule has 3 unspecified atom stereocenters. The lowest BCUT2D eigenvalue weighted by atomic mass is 9.78. The number of hydrogen-bond donors (Lipinski definition) is 1. The van der Waals surface area contributed by atoms with E-state index in [1.54, 1.807) is 0 Å². The average molecular weight is 213 g/mol. The Morgan fingerprint density at radius 1 is 1.00 bits per heavy atom. The molecule has 2 N–H and O–H groups in total. The van der Waals surface area contributed by atoms with Gasteiger partial charge in [0.25, 0.3) is 0 Å². The first-order valence-electron chi connectivity index (χ1n) is 6.83. The summed E-state index contributed by atoms with van der Waals surface area (Å²) >= 11 is 0. The van der Waals surface area contributed by atoms with Crippen molar-refractivity contribution in [2.75, 3.05) is 0 Å². The highest BCUT2D eigenvalue weighted by Crippen LogP contribution is 2.26. The zero-order valence-electron chi connectivity index (χ0n) is 11.4. The van der Waals surface area contributed by atoms with Gasteiger partial charge in [0, 0.05) is 6.04 Å². The van der Waals surface area contributed by atoms with Crippen molar-refractivity contribution in [2.45, 2.75) is 72.8 Å². The first-order valence-corrected chi connectivity index (χ1v) is 6.83. The van der Waals surface area contributed by atoms with Gasteiger partial charge in [0.2, 0.25) is 0 Å². The molecule has 15 heavy (non-hydrogen) atoms. The van der Waals surface area contributed by atoms with Crippen LogP contribution < -0.4 is 5.73 Å². The van der Waals surface area contributed by atoms with Crippen LogP contribution in [0.1, 0.15) is 66.7 Å². The summed E-state index contributed by atoms with van der Waals surface area (Å²) in [6.07, 6.45) is 6.44. The standard InChI is InChI=1S/C14H31N/c1-6-9-10-11(4)12(5)14(15)13(7-2)8-3/h11-14H,6-10,15H2,1-5H3. The van der Waals surface area contributed by atoms with Crippen LogP contribution in [0.15, 0.2) is 0 Å². The van der Waals surface area contributed by atoms with E-state index in [1.807, 2.05) is 0 Å². The van der Waals surface area contributed by atoms with Crippen LogP contribution >= 0.6 is 0 Å². The summed E-state index contributed by atoms with van der Waals surface area (Å²) in [6.45, 7) is 11.5. The molecule has 1 nitrogen and oxygen atoms in total. The van der Waals surface area contributed by atoms with Crippen molar-refractivity contribution in [2.24, 2.45) is 23.5 Å². The van der Waals surface area contributed by atoms with Crippen molar-refractivity contribution in [3.8, 4) is 0 Å². The molecule has 0 fully saturated rings. The predicted octanol–water partition coefficient (Wildman–Crippen LogP) is 4.21. The van der Waals surface area contributed by atoms with Crippen LogP contribution in [-0.2, 0) is 0 Å². The van der Waals surface area contributed by atoms with E-state index in [-0.39, 0.29) is 0 Å². The molecule has 0 aromatic carbocycles. The Morgan fingerprint density at radius 2 is 1.53 bits per heavy atom. The second-order valence-electron chi connectivity index (χ2n) is 5.13. The van der Waals surface area contributed by atoms with Crippen LogP contribution in [0.25, 0.3) is 0 Å². The highest BCUT2D eigenvalue weighted by molar-refractivity contribution is 4.79. The molecular weight excluding hydrogens is 182 g/mol. The highest BCUT2D eigenvalue weighted by atomic mass is 14.7. The fourth-order valence-corrected chi connectivity index (χ4v) is 2.43. The number of unbranched alkanes of at least 4 members (excludes halogenated alkanes) is 1. The van der Waals surface area contributed by atoms with Crippen LogP contribution in [-0.4, -0.2) is 6.04 Å². The average Bonchev–Trinajstić information content (AvgIpc) is 2.26. The van der Waals surface area contributed by atoms with Crippen molar-refractivity contribution in [3.05, 3.63) is 0 Å². The molecule has 0 aliphatic rings. The molecule has 0 spiro atoms. The maximum Gasteiger partial charge on any atom is 0.00953 e. The third-order valence-electron chi connectivity index (χ3n) is 4.11. The van der Waals surface area contributed by atoms with Gasteiger partial charge in [-0.15, -0.1) is 0 Å². The van der Waals surface area contributed by atoms with Crippen LogP contribution in [0.5, 0.6) is 0 Å². The smallest absolute Gasteiger partial charge is 0.00953 e. The van der Waals surface area contributed by atoms with Gasteiger partial charge in [-0.05, 0) is 17.8 Å². The zero-order valence-corrected chi connectivity index (χ0v) is 11.4. The molecule has 3 atom stereocenters. The Morgan fingerprint density at radius 3 is 1.93 bits per heavy atom. The molecule has 0 aliphatic carbocycles. The summed E-state index contributed by atoms with van der Waals surface area (Å²) in [6, 6.07) is 0.395. The predicted molar refractivity (Wildman–Crippen MR) is 69.9 cm³/mol. The minimum Gasteiger partial charge on any atom is -0.327 e. The lowest BCUT2D eigenvalue weighted by molar-refractivity contribution is 0.233. The normalized spacial score (nSPS) is 17.8. The van der Waals surface area contributed by atoms with Crippen molar-refractivity contribution in [1.82, 2.24) is 0 Å². The number of nitrogens with two attached hydrogens (primary N) is 1. The second kappa shape index (κ2) is 8.15. The number of rotatable bonds is 8. The molecule has 0 saturated carbocycles. The van der Waals surface area contributed by atoms with Crippen molar-refractivity contribution in [3.63, 3.8) is 0 Å². The molecule has 92 valence electrons. The van der Waals surface area contributed by atoms with E-state index in [2.05, 4.69) is 34.6 Å². The fourth-order valence-electron chi connectivity index (χ4n) is 2.43. The molecule has 0 aromatic rings. The third kappa shape index (κ3) is 5.01. The monoisotopic (exact) mass is 213 g/mol. The Balaban J connectivity index is 4.09. The van der Waals surface area contributed by atoms with E-state index in [1.165, 1.54) is 32.1 Å². The summed E-state index contributed by atoms with van der Waals surface area (Å²) in [5.41, 5.74) is 6.36. The summed E-state index contributed by atoms with van der Waals surface area (Å²) < 4.78 is 0. The quantitative estimate of drug-likeness (QED) is 0.642. The molecule has 0 rings (SSSR count). The molecule has 0 aliphatic heterocycles. The maximum absolute atomic E-state index is 6.36. The van der Waals surface area contributed by atoms with Gasteiger partial charge in [0.05, 0.1) is 0 Å². The zero-order chi connectivity index (χ0) is 11.8. The van der Waals surface area contributed by atoms with Crippen molar-refractivity contribution >= 4 is 0 Å². The van der Waals surface area contributed by atoms with Crippen LogP contribution in [0.2, 0.25) is 0 Å². The summed E-state index contributed by atoms with van der Waals surface area (Å²) in [5.74, 6) is 2.16. The molecule has 0 radical (unpaired) electrons. The molecule has 0 amide bonds. The fraction of sp³-hybridized carbons (Fsp3) is 1.00. The van der Waals surface area contributed by atoms with E-state index in [0.29, 0.717) is 17.9 Å². The molecule has 0 saturated heterocycles. The largest absolute Gasteiger partial charge is 0.327 e. The van der Waals surface area contributed by atoms with Crippen LogP contribution in [0.3, 0.4) is 0 Å². The Hall–Kier alpha value is -0.0400. The maximum atomic E-state index is 6.36. The summed E-state index contributed by atoms with van der Waals surface area (Å²) in [7, 11) is 0. The van der Waals surface area contributed by atoms with Gasteiger partial charge >= 0.3 is 0 Å². The first-order chi connectivity index (χ1) is 7.08. The third-order valence-corrected chi connectivity index (χ3v) is 4.11. The van der Waals surface area contributed by atoms with E-state index < -0.39 is 0 Å². The Bertz CT molecular complexity index is 140. The Labute approximate surface area is 96.8 Å². The van der Waals surface area contributed by atoms with Gasteiger partial charge in [-0.3, -0.25) is 0 Å². The lowest BCUT2D eigenvalue weighted by Crippen LogP contribution is -2.38. The lowest BCUT2D eigenvalue weighted by Gasteiger charge is -2.31. The van der Waals surface area contributed by atoms with E-state index in [9.17, 15) is 0 Å². The Kier molecular flexibility index (Phi) is 8.13. The minimum atomic E-state index is 0.395. The van der Waals surface area contributed by atoms with Crippen LogP contribution in [0.4, 0.5) is 0 Å². The van der Waals surface area contributed by atoms with Gasteiger partial charge in [0.15, 0.2) is 0 Å². The first kappa shape index (κ1) is 15.0. The van der Waals surface area contributed by atoms with Gasteiger partial charge < -0.3 is 5.73 Å². The van der Waals surface area contributed by atoms with Gasteiger partial charge in [0.1, 0.15) is 0 Å². The second-order valence-corrected chi connectivity index (χ2v) is 5.13. The van der Waals surface area contributed by atoms with Crippen LogP contribution in [0, 0.1) is 17.8 Å². The van der Waals surface area contributed by atoms with Crippen molar-refractivity contribution in [1.29, 1.82) is 0 Å². The number of hydrogen-bond acceptors (Lipinski definition) is 1. The summed E-state index contributed by atoms with van der Waals surface area (Å²) in [4.78, 5) is 0. The van der Waals surface area contributed by atoms with Gasteiger partial charge in [-0.25, -0.2) is 0 Å². The van der Waals surface area contributed by atoms with Gasteiger partial charge in [-0.2, -0.15) is 0 Å². The van der Waals surface area contributed by atoms with Gasteiger partial charge in [-0.1, -0.05) is 66.7 Å². The minimum absolute atomic E-state index is 0.395. The topological polar surface area (TPSA) is 26.0 Å². The summed E-state index contributed by atoms with van der Waals surface area (Å²) in [5, 5.41) is 0. The molecule has 0 bridgehead atoms.